The summed E-state index contributed by atoms with van der Waals surface area (Å²) in [5, 5.41) is 14.7. The summed E-state index contributed by atoms with van der Waals surface area (Å²) >= 11 is -1.18. The number of hydrogen-bond donors (Lipinski definition) is 1. The molecule has 1 N–H and O–H groups in total. The highest BCUT2D eigenvalue weighted by Gasteiger charge is 2.37. The van der Waals surface area contributed by atoms with Crippen LogP contribution in [0.15, 0.2) is 78.9 Å². The standard InChI is InChI=1S/C27H30NO.2C4H9.Al/c1-27(22-13-5-2-6-14-22,23-15-7-3-8-16-23)25-19-11-12-21(26(25)29)20-28-24-17-9-4-10-18-24;2*1-4(2)3;/h2-3,5-8,11-16,19,24,29H,4,9-10,17-18,20H2,1H3;2*4H,1H2,2-3H3;/q-1;;;+1. The first-order chi connectivity index (χ1) is 18.3. The zero-order valence-corrected chi connectivity index (χ0v) is 25.5. The van der Waals surface area contributed by atoms with Crippen LogP contribution in [0.25, 0.3) is 0 Å². The Morgan fingerprint density at radius 1 is 0.763 bits per heavy atom. The minimum absolute atomic E-state index is 0.440. The van der Waals surface area contributed by atoms with E-state index in [4.69, 9.17) is 0 Å². The SMILES string of the molecule is CC(C)[CH2][Al]([CH2]C(C)C)[N](Cc1cccc(C(C)(c2ccccc2)c2ccccc2)c1O)C1CCCCC1. The Hall–Kier alpha value is -2.05. The number of hydrogen-bond acceptors (Lipinski definition) is 2. The molecule has 0 saturated heterocycles. The third kappa shape index (κ3) is 6.74. The van der Waals surface area contributed by atoms with E-state index in [9.17, 15) is 5.11 Å². The van der Waals surface area contributed by atoms with Gasteiger partial charge in [-0.25, -0.2) is 0 Å². The van der Waals surface area contributed by atoms with Crippen molar-refractivity contribution in [2.75, 3.05) is 0 Å². The molecule has 0 bridgehead atoms. The Labute approximate surface area is 236 Å². The number of nitrogens with zero attached hydrogens (tertiary/aromatic N) is 1. The Kier molecular flexibility index (Phi) is 10.2. The van der Waals surface area contributed by atoms with Crippen LogP contribution in [0, 0.1) is 11.8 Å². The predicted molar refractivity (Wildman–Crippen MR) is 164 cm³/mol. The van der Waals surface area contributed by atoms with E-state index in [-0.39, 0.29) is 0 Å². The maximum absolute atomic E-state index is 12.0. The number of phenolic OH excluding ortho intramolecular Hbond substituents is 1. The Balaban J connectivity index is 1.78. The number of phenols is 1. The third-order valence-electron chi connectivity index (χ3n) is 8.71. The topological polar surface area (TPSA) is 23.5 Å². The summed E-state index contributed by atoms with van der Waals surface area (Å²) in [4.78, 5) is 0. The summed E-state index contributed by atoms with van der Waals surface area (Å²) in [6.45, 7) is 12.7. The molecule has 2 nitrogen and oxygen atoms in total. The summed E-state index contributed by atoms with van der Waals surface area (Å²) in [5.41, 5.74) is 4.06. The molecule has 38 heavy (non-hydrogen) atoms. The molecule has 3 heteroatoms. The van der Waals surface area contributed by atoms with E-state index < -0.39 is 19.8 Å². The van der Waals surface area contributed by atoms with E-state index in [2.05, 4.69) is 117 Å². The molecule has 4 rings (SSSR count). The summed E-state index contributed by atoms with van der Waals surface area (Å²) in [5.74, 6) is 1.91. The lowest BCUT2D eigenvalue weighted by Crippen LogP contribution is -2.47. The molecular formula is C35H48AlNO. The molecule has 3 aromatic carbocycles. The number of aromatic hydroxyl groups is 1. The first-order valence-electron chi connectivity index (χ1n) is 15.0. The third-order valence-corrected chi connectivity index (χ3v) is 13.2. The van der Waals surface area contributed by atoms with Crippen LogP contribution in [0.5, 0.6) is 5.75 Å². The van der Waals surface area contributed by atoms with Crippen LogP contribution in [0.2, 0.25) is 10.6 Å². The van der Waals surface area contributed by atoms with Crippen molar-refractivity contribution in [2.45, 2.75) is 95.3 Å². The molecular weight excluding hydrogens is 477 g/mol. The normalized spacial score (nSPS) is 14.9. The molecule has 0 heterocycles. The van der Waals surface area contributed by atoms with Gasteiger partial charge in [-0.2, -0.15) is 0 Å². The van der Waals surface area contributed by atoms with Gasteiger partial charge >= 0.3 is 14.4 Å². The van der Waals surface area contributed by atoms with Gasteiger partial charge < -0.3 is 8.99 Å². The van der Waals surface area contributed by atoms with Crippen LogP contribution in [0.3, 0.4) is 0 Å². The molecule has 3 aromatic rings. The Morgan fingerprint density at radius 3 is 1.79 bits per heavy atom. The van der Waals surface area contributed by atoms with Crippen molar-refractivity contribution < 1.29 is 5.11 Å². The number of para-hydroxylation sites is 1. The highest BCUT2D eigenvalue weighted by Crippen LogP contribution is 2.44. The molecule has 0 spiro atoms. The number of rotatable bonds is 11. The molecule has 0 amide bonds. The molecule has 0 atom stereocenters. The zero-order chi connectivity index (χ0) is 27.1. The lowest BCUT2D eigenvalue weighted by Gasteiger charge is -2.40. The van der Waals surface area contributed by atoms with E-state index in [1.54, 1.807) is 0 Å². The molecule has 1 aliphatic carbocycles. The van der Waals surface area contributed by atoms with Gasteiger partial charge in [0.25, 0.3) is 0 Å². The van der Waals surface area contributed by atoms with Crippen molar-refractivity contribution >= 4 is 14.4 Å². The lowest BCUT2D eigenvalue weighted by atomic mass is 9.70. The number of benzene rings is 3. The average molecular weight is 526 g/mol. The minimum atomic E-state index is -1.18. The second-order valence-electron chi connectivity index (χ2n) is 12.5. The summed E-state index contributed by atoms with van der Waals surface area (Å²) in [6.07, 6.45) is 6.69. The highest BCUT2D eigenvalue weighted by molar-refractivity contribution is 6.56. The van der Waals surface area contributed by atoms with Gasteiger partial charge in [0.15, 0.2) is 0 Å². The smallest absolute Gasteiger partial charge is 0.373 e. The van der Waals surface area contributed by atoms with Gasteiger partial charge in [-0.1, -0.05) is 148 Å². The van der Waals surface area contributed by atoms with Crippen molar-refractivity contribution in [3.63, 3.8) is 0 Å². The van der Waals surface area contributed by atoms with Crippen molar-refractivity contribution in [3.05, 3.63) is 101 Å². The van der Waals surface area contributed by atoms with Gasteiger partial charge in [-0.3, -0.25) is 0 Å². The van der Waals surface area contributed by atoms with E-state index in [0.29, 0.717) is 11.8 Å². The lowest BCUT2D eigenvalue weighted by molar-refractivity contribution is 0.239. The molecule has 0 aromatic heterocycles. The summed E-state index contributed by atoms with van der Waals surface area (Å²) in [7, 11) is 0. The van der Waals surface area contributed by atoms with Gasteiger partial charge in [0.05, 0.1) is 0 Å². The molecule has 1 aliphatic rings. The van der Waals surface area contributed by atoms with Gasteiger partial charge in [0, 0.05) is 23.1 Å². The van der Waals surface area contributed by atoms with Crippen LogP contribution in [0.1, 0.15) is 89.0 Å². The predicted octanol–water partition coefficient (Wildman–Crippen LogP) is 9.18. The molecule has 1 fully saturated rings. The zero-order valence-electron chi connectivity index (χ0n) is 24.4. The average Bonchev–Trinajstić information content (AvgIpc) is 2.92. The maximum Gasteiger partial charge on any atom is 0.373 e. The van der Waals surface area contributed by atoms with Crippen molar-refractivity contribution in [3.8, 4) is 5.75 Å². The van der Waals surface area contributed by atoms with Crippen molar-refractivity contribution in [1.29, 1.82) is 0 Å². The largest absolute Gasteiger partial charge is 0.507 e. The maximum atomic E-state index is 12.0. The second kappa shape index (κ2) is 13.3. The molecule has 0 unspecified atom stereocenters. The van der Waals surface area contributed by atoms with Crippen molar-refractivity contribution in [1.82, 2.24) is 3.88 Å². The van der Waals surface area contributed by atoms with Crippen LogP contribution >= 0.6 is 0 Å². The van der Waals surface area contributed by atoms with Gasteiger partial charge in [0.2, 0.25) is 0 Å². The van der Waals surface area contributed by atoms with E-state index in [0.717, 1.165) is 29.5 Å². The van der Waals surface area contributed by atoms with E-state index >= 15 is 0 Å². The van der Waals surface area contributed by atoms with Gasteiger partial charge in [0.1, 0.15) is 5.75 Å². The Morgan fingerprint density at radius 2 is 1.29 bits per heavy atom. The fourth-order valence-corrected chi connectivity index (χ4v) is 11.0. The monoisotopic (exact) mass is 525 g/mol. The summed E-state index contributed by atoms with van der Waals surface area (Å²) in [6, 6.07) is 28.5. The van der Waals surface area contributed by atoms with Gasteiger partial charge in [-0.15, -0.1) is 0 Å². The van der Waals surface area contributed by atoms with Crippen LogP contribution in [-0.2, 0) is 12.0 Å². The quantitative estimate of drug-likeness (QED) is 0.199. The molecule has 0 radical (unpaired) electrons. The fraction of sp³-hybridized carbons (Fsp3) is 0.486. The molecule has 202 valence electrons. The fourth-order valence-electron chi connectivity index (χ4n) is 6.76. The first-order valence-corrected chi connectivity index (χ1v) is 17.1. The first kappa shape index (κ1) is 28.9. The van der Waals surface area contributed by atoms with Crippen LogP contribution in [-0.4, -0.2) is 29.4 Å². The van der Waals surface area contributed by atoms with Gasteiger partial charge in [-0.05, 0) is 36.9 Å². The summed E-state index contributed by atoms with van der Waals surface area (Å²) < 4.78 is 2.93. The highest BCUT2D eigenvalue weighted by atomic mass is 27.2. The Bertz CT molecular complexity index is 1070. The van der Waals surface area contributed by atoms with E-state index in [1.807, 2.05) is 0 Å². The molecule has 0 aliphatic heterocycles. The van der Waals surface area contributed by atoms with Crippen LogP contribution < -0.4 is 0 Å². The van der Waals surface area contributed by atoms with Crippen molar-refractivity contribution in [2.24, 2.45) is 11.8 Å². The van der Waals surface area contributed by atoms with E-state index in [1.165, 1.54) is 53.8 Å². The van der Waals surface area contributed by atoms with Crippen LogP contribution in [0.4, 0.5) is 0 Å². The second-order valence-corrected chi connectivity index (χ2v) is 15.5. The minimum Gasteiger partial charge on any atom is -0.507 e. The molecule has 1 saturated carbocycles.